The number of hydrogen-bond acceptors (Lipinski definition) is 3. The van der Waals surface area contributed by atoms with E-state index in [1.807, 2.05) is 13.0 Å². The van der Waals surface area contributed by atoms with E-state index in [4.69, 9.17) is 4.74 Å². The Labute approximate surface area is 131 Å². The normalized spacial score (nSPS) is 21.1. The number of carbonyl (C=O) groups excluding carboxylic acids is 1. The molecule has 0 bridgehead atoms. The summed E-state index contributed by atoms with van der Waals surface area (Å²) >= 11 is 3.38. The Kier molecular flexibility index (Phi) is 4.88. The zero-order valence-corrected chi connectivity index (χ0v) is 13.6. The summed E-state index contributed by atoms with van der Waals surface area (Å²) in [5.41, 5.74) is 1.46. The lowest BCUT2D eigenvalue weighted by Gasteiger charge is -2.18. The second kappa shape index (κ2) is 6.47. The van der Waals surface area contributed by atoms with Crippen LogP contribution in [0.25, 0.3) is 0 Å². The molecule has 1 aliphatic rings. The summed E-state index contributed by atoms with van der Waals surface area (Å²) in [7, 11) is 1.53. The van der Waals surface area contributed by atoms with Gasteiger partial charge in [-0.15, -0.1) is 0 Å². The third-order valence-electron chi connectivity index (χ3n) is 3.90. The van der Waals surface area contributed by atoms with Crippen molar-refractivity contribution in [3.8, 4) is 5.75 Å². The number of amides is 1. The Balaban J connectivity index is 2.22. The lowest BCUT2D eigenvalue weighted by Crippen LogP contribution is -2.30. The molecule has 5 nitrogen and oxygen atoms in total. The van der Waals surface area contributed by atoms with Crippen molar-refractivity contribution >= 4 is 33.5 Å². The molecule has 0 aliphatic heterocycles. The Hall–Kier alpha value is -1.56. The fourth-order valence-corrected chi connectivity index (χ4v) is 3.37. The topological polar surface area (TPSA) is 75.6 Å². The van der Waals surface area contributed by atoms with Crippen molar-refractivity contribution in [3.05, 3.63) is 22.2 Å². The summed E-state index contributed by atoms with van der Waals surface area (Å²) in [6.45, 7) is 1.87. The summed E-state index contributed by atoms with van der Waals surface area (Å²) in [5, 5.41) is 12.0. The summed E-state index contributed by atoms with van der Waals surface area (Å²) in [6.07, 6.45) is 1.94. The molecule has 0 heterocycles. The maximum Gasteiger partial charge on any atom is 0.307 e. The van der Waals surface area contributed by atoms with Gasteiger partial charge in [-0.05, 0) is 37.5 Å². The summed E-state index contributed by atoms with van der Waals surface area (Å²) in [6, 6.07) is 3.65. The number of halogens is 1. The van der Waals surface area contributed by atoms with Crippen LogP contribution in [0.2, 0.25) is 0 Å². The number of benzene rings is 1. The number of rotatable bonds is 4. The smallest absolute Gasteiger partial charge is 0.307 e. The van der Waals surface area contributed by atoms with E-state index in [1.54, 1.807) is 6.07 Å². The highest BCUT2D eigenvalue weighted by atomic mass is 79.9. The van der Waals surface area contributed by atoms with Gasteiger partial charge < -0.3 is 15.2 Å². The van der Waals surface area contributed by atoms with Crippen LogP contribution < -0.4 is 10.1 Å². The van der Waals surface area contributed by atoms with Gasteiger partial charge in [0, 0.05) is 4.47 Å². The molecule has 0 aromatic heterocycles. The molecular formula is C15H18BrNO4. The lowest BCUT2D eigenvalue weighted by molar-refractivity contribution is -0.145. The third kappa shape index (κ3) is 3.37. The SMILES string of the molecule is COc1cc(Br)cc(C)c1NC(=O)C1CCCC1C(=O)O. The van der Waals surface area contributed by atoms with Crippen molar-refractivity contribution in [1.82, 2.24) is 0 Å². The molecule has 1 aromatic rings. The number of aryl methyl sites for hydroxylation is 1. The minimum atomic E-state index is -0.896. The highest BCUT2D eigenvalue weighted by molar-refractivity contribution is 9.10. The van der Waals surface area contributed by atoms with Crippen LogP contribution >= 0.6 is 15.9 Å². The second-order valence-electron chi connectivity index (χ2n) is 5.27. The Morgan fingerprint density at radius 3 is 2.62 bits per heavy atom. The van der Waals surface area contributed by atoms with Gasteiger partial charge in [-0.2, -0.15) is 0 Å². The maximum absolute atomic E-state index is 12.4. The number of carbonyl (C=O) groups is 2. The van der Waals surface area contributed by atoms with Crippen LogP contribution in [0.3, 0.4) is 0 Å². The molecule has 2 N–H and O–H groups in total. The molecule has 21 heavy (non-hydrogen) atoms. The minimum Gasteiger partial charge on any atom is -0.495 e. The van der Waals surface area contributed by atoms with Gasteiger partial charge in [0.1, 0.15) is 5.75 Å². The van der Waals surface area contributed by atoms with E-state index in [2.05, 4.69) is 21.2 Å². The molecule has 1 saturated carbocycles. The molecule has 1 aliphatic carbocycles. The van der Waals surface area contributed by atoms with E-state index in [0.717, 1.165) is 16.5 Å². The molecule has 0 radical (unpaired) electrons. The number of ether oxygens (including phenoxy) is 1. The van der Waals surface area contributed by atoms with E-state index in [0.29, 0.717) is 24.3 Å². The van der Waals surface area contributed by atoms with Crippen molar-refractivity contribution in [2.24, 2.45) is 11.8 Å². The Morgan fingerprint density at radius 2 is 2.00 bits per heavy atom. The number of hydrogen-bond donors (Lipinski definition) is 2. The highest BCUT2D eigenvalue weighted by Crippen LogP contribution is 2.36. The first-order valence-corrected chi connectivity index (χ1v) is 7.61. The van der Waals surface area contributed by atoms with Crippen molar-refractivity contribution in [1.29, 1.82) is 0 Å². The molecule has 6 heteroatoms. The summed E-state index contributed by atoms with van der Waals surface area (Å²) in [4.78, 5) is 23.6. The number of aliphatic carboxylic acids is 1. The van der Waals surface area contributed by atoms with E-state index >= 15 is 0 Å². The average Bonchev–Trinajstić information content (AvgIpc) is 2.90. The van der Waals surface area contributed by atoms with Crippen LogP contribution in [0.1, 0.15) is 24.8 Å². The molecule has 0 saturated heterocycles. The number of carboxylic acids is 1. The first-order valence-electron chi connectivity index (χ1n) is 6.82. The number of nitrogens with one attached hydrogen (secondary N) is 1. The zero-order valence-electron chi connectivity index (χ0n) is 12.0. The van der Waals surface area contributed by atoms with Gasteiger partial charge in [-0.25, -0.2) is 0 Å². The van der Waals surface area contributed by atoms with Crippen LogP contribution in [0.15, 0.2) is 16.6 Å². The van der Waals surface area contributed by atoms with Gasteiger partial charge in [0.2, 0.25) is 5.91 Å². The van der Waals surface area contributed by atoms with Gasteiger partial charge in [0.05, 0.1) is 24.6 Å². The molecule has 2 rings (SSSR count). The maximum atomic E-state index is 12.4. The first-order chi connectivity index (χ1) is 9.93. The minimum absolute atomic E-state index is 0.247. The van der Waals surface area contributed by atoms with Crippen LogP contribution in [0, 0.1) is 18.8 Å². The van der Waals surface area contributed by atoms with E-state index in [-0.39, 0.29) is 5.91 Å². The van der Waals surface area contributed by atoms with E-state index in [9.17, 15) is 14.7 Å². The van der Waals surface area contributed by atoms with E-state index < -0.39 is 17.8 Å². The van der Waals surface area contributed by atoms with Crippen LogP contribution in [0.5, 0.6) is 5.75 Å². The first kappa shape index (κ1) is 15.8. The number of carboxylic acid groups (broad SMARTS) is 1. The largest absolute Gasteiger partial charge is 0.495 e. The van der Waals surface area contributed by atoms with Crippen molar-refractivity contribution in [3.63, 3.8) is 0 Å². The zero-order chi connectivity index (χ0) is 15.6. The molecule has 2 unspecified atom stereocenters. The Bertz CT molecular complexity index is 573. The van der Waals surface area contributed by atoms with E-state index in [1.165, 1.54) is 7.11 Å². The van der Waals surface area contributed by atoms with Gasteiger partial charge >= 0.3 is 5.97 Å². The molecule has 1 amide bonds. The van der Waals surface area contributed by atoms with Gasteiger partial charge in [0.25, 0.3) is 0 Å². The predicted molar refractivity (Wildman–Crippen MR) is 82.5 cm³/mol. The molecule has 0 spiro atoms. The fourth-order valence-electron chi connectivity index (χ4n) is 2.82. The van der Waals surface area contributed by atoms with Crippen LogP contribution in [0.4, 0.5) is 5.69 Å². The standard InChI is InChI=1S/C15H18BrNO4/c1-8-6-9(16)7-12(21-2)13(8)17-14(18)10-4-3-5-11(10)15(19)20/h6-7,10-11H,3-5H2,1-2H3,(H,17,18)(H,19,20). The van der Waals surface area contributed by atoms with Crippen molar-refractivity contribution < 1.29 is 19.4 Å². The lowest BCUT2D eigenvalue weighted by atomic mass is 9.95. The number of methoxy groups -OCH3 is 1. The molecular weight excluding hydrogens is 338 g/mol. The highest BCUT2D eigenvalue weighted by Gasteiger charge is 2.38. The monoisotopic (exact) mass is 355 g/mol. The quantitative estimate of drug-likeness (QED) is 0.869. The Morgan fingerprint density at radius 1 is 1.33 bits per heavy atom. The molecule has 1 fully saturated rings. The average molecular weight is 356 g/mol. The van der Waals surface area contributed by atoms with Crippen LogP contribution in [-0.4, -0.2) is 24.1 Å². The predicted octanol–water partition coefficient (Wildman–Crippen LogP) is 3.21. The summed E-state index contributed by atoms with van der Waals surface area (Å²) in [5.74, 6) is -1.65. The molecule has 1 aromatic carbocycles. The molecule has 114 valence electrons. The van der Waals surface area contributed by atoms with Gasteiger partial charge in [-0.3, -0.25) is 9.59 Å². The number of anilines is 1. The molecule has 2 atom stereocenters. The van der Waals surface area contributed by atoms with Crippen molar-refractivity contribution in [2.75, 3.05) is 12.4 Å². The fraction of sp³-hybridized carbons (Fsp3) is 0.467. The van der Waals surface area contributed by atoms with Crippen molar-refractivity contribution in [2.45, 2.75) is 26.2 Å². The van der Waals surface area contributed by atoms with Gasteiger partial charge in [-0.1, -0.05) is 22.4 Å². The van der Waals surface area contributed by atoms with Crippen LogP contribution in [-0.2, 0) is 9.59 Å². The summed E-state index contributed by atoms with van der Waals surface area (Å²) < 4.78 is 6.14. The van der Waals surface area contributed by atoms with Gasteiger partial charge in [0.15, 0.2) is 0 Å². The third-order valence-corrected chi connectivity index (χ3v) is 4.36. The second-order valence-corrected chi connectivity index (χ2v) is 6.19.